The Morgan fingerprint density at radius 1 is 1.58 bits per heavy atom. The fourth-order valence-electron chi connectivity index (χ4n) is 0.798. The molecule has 6 heteroatoms. The van der Waals surface area contributed by atoms with Crippen LogP contribution in [-0.4, -0.2) is 28.4 Å². The van der Waals surface area contributed by atoms with Gasteiger partial charge in [0, 0.05) is 11.7 Å². The molecular weight excluding hydrogens is 196 g/mol. The highest BCUT2D eigenvalue weighted by atomic mass is 35.5. The number of pyridine rings is 1. The minimum Gasteiger partial charge on any atom is -0.423 e. The summed E-state index contributed by atoms with van der Waals surface area (Å²) in [6.45, 7) is 0. The second-order valence-corrected chi connectivity index (χ2v) is 3.36. The van der Waals surface area contributed by atoms with E-state index in [1.165, 1.54) is 24.0 Å². The van der Waals surface area contributed by atoms with Crippen LogP contribution >= 0.6 is 23.4 Å². The normalized spacial score (nSPS) is 10.0. The molecule has 0 saturated heterocycles. The Labute approximate surface area is 79.9 Å². The van der Waals surface area contributed by atoms with Crippen LogP contribution in [0.3, 0.4) is 0 Å². The molecule has 12 heavy (non-hydrogen) atoms. The zero-order valence-corrected chi connectivity index (χ0v) is 7.93. The summed E-state index contributed by atoms with van der Waals surface area (Å²) < 4.78 is 0. The number of thioether (sulfide) groups is 1. The van der Waals surface area contributed by atoms with E-state index in [0.29, 0.717) is 15.5 Å². The van der Waals surface area contributed by atoms with Gasteiger partial charge in [0.2, 0.25) is 0 Å². The van der Waals surface area contributed by atoms with E-state index >= 15 is 0 Å². The molecule has 1 aromatic rings. The van der Waals surface area contributed by atoms with E-state index in [2.05, 4.69) is 4.98 Å². The zero-order valence-electron chi connectivity index (χ0n) is 6.36. The van der Waals surface area contributed by atoms with Gasteiger partial charge in [0.1, 0.15) is 0 Å². The molecule has 0 fully saturated rings. The van der Waals surface area contributed by atoms with Gasteiger partial charge in [-0.2, -0.15) is 0 Å². The van der Waals surface area contributed by atoms with E-state index in [1.54, 1.807) is 0 Å². The first kappa shape index (κ1) is 9.86. The molecule has 0 radical (unpaired) electrons. The van der Waals surface area contributed by atoms with Gasteiger partial charge >= 0.3 is 7.12 Å². The van der Waals surface area contributed by atoms with Crippen molar-refractivity contribution in [3.05, 3.63) is 17.3 Å². The molecule has 0 bridgehead atoms. The van der Waals surface area contributed by atoms with E-state index in [0.717, 1.165) is 0 Å². The number of halogens is 1. The molecule has 2 N–H and O–H groups in total. The number of rotatable bonds is 2. The van der Waals surface area contributed by atoms with Gasteiger partial charge < -0.3 is 10.0 Å². The summed E-state index contributed by atoms with van der Waals surface area (Å²) >= 11 is 6.97. The van der Waals surface area contributed by atoms with E-state index in [4.69, 9.17) is 21.6 Å². The van der Waals surface area contributed by atoms with Crippen molar-refractivity contribution in [1.29, 1.82) is 0 Å². The largest absolute Gasteiger partial charge is 0.491 e. The van der Waals surface area contributed by atoms with Crippen molar-refractivity contribution >= 4 is 35.9 Å². The third-order valence-corrected chi connectivity index (χ3v) is 2.25. The molecule has 0 aliphatic heterocycles. The van der Waals surface area contributed by atoms with E-state index in [1.807, 2.05) is 6.26 Å². The Kier molecular flexibility index (Phi) is 3.40. The molecule has 1 heterocycles. The second-order valence-electron chi connectivity index (χ2n) is 2.13. The van der Waals surface area contributed by atoms with Crippen LogP contribution < -0.4 is 5.46 Å². The molecular formula is C6H7BClNO2S. The Hall–Kier alpha value is -0.225. The van der Waals surface area contributed by atoms with Gasteiger partial charge in [-0.25, -0.2) is 4.98 Å². The topological polar surface area (TPSA) is 53.4 Å². The summed E-state index contributed by atoms with van der Waals surface area (Å²) in [7, 11) is -1.52. The summed E-state index contributed by atoms with van der Waals surface area (Å²) in [6, 6.07) is 1.49. The van der Waals surface area contributed by atoms with Gasteiger partial charge in [0.05, 0.1) is 10.0 Å². The van der Waals surface area contributed by atoms with Gasteiger partial charge in [0.25, 0.3) is 0 Å². The molecule has 0 spiro atoms. The van der Waals surface area contributed by atoms with Crippen LogP contribution in [0.25, 0.3) is 0 Å². The van der Waals surface area contributed by atoms with Gasteiger partial charge in [0.15, 0.2) is 0 Å². The van der Waals surface area contributed by atoms with Crippen molar-refractivity contribution in [2.75, 3.05) is 6.26 Å². The number of hydrogen-bond acceptors (Lipinski definition) is 4. The molecule has 0 saturated carbocycles. The molecule has 1 rings (SSSR count). The maximum Gasteiger partial charge on any atom is 0.491 e. The van der Waals surface area contributed by atoms with Crippen LogP contribution in [0.1, 0.15) is 0 Å². The maximum atomic E-state index is 8.90. The quantitative estimate of drug-likeness (QED) is 0.530. The fraction of sp³-hybridized carbons (Fsp3) is 0.167. The van der Waals surface area contributed by atoms with Crippen molar-refractivity contribution in [3.8, 4) is 0 Å². The van der Waals surface area contributed by atoms with Gasteiger partial charge in [-0.3, -0.25) is 0 Å². The number of nitrogens with zero attached hydrogens (tertiary/aromatic N) is 1. The Bertz CT molecular complexity index is 284. The van der Waals surface area contributed by atoms with E-state index in [9.17, 15) is 0 Å². The number of hydrogen-bond donors (Lipinski definition) is 2. The molecule has 0 aliphatic carbocycles. The molecule has 0 amide bonds. The summed E-state index contributed by atoms with van der Waals surface area (Å²) in [4.78, 5) is 3.93. The third-order valence-electron chi connectivity index (χ3n) is 1.32. The van der Waals surface area contributed by atoms with Crippen molar-refractivity contribution in [1.82, 2.24) is 4.98 Å². The predicted octanol–water partition coefficient (Wildman–Crippen LogP) is 0.137. The van der Waals surface area contributed by atoms with Crippen molar-refractivity contribution < 1.29 is 10.0 Å². The van der Waals surface area contributed by atoms with Gasteiger partial charge in [-0.15, -0.1) is 11.8 Å². The predicted molar refractivity (Wildman–Crippen MR) is 50.9 cm³/mol. The van der Waals surface area contributed by atoms with E-state index < -0.39 is 7.12 Å². The Balaban J connectivity index is 3.12. The molecule has 0 atom stereocenters. The van der Waals surface area contributed by atoms with Crippen LogP contribution in [0, 0.1) is 0 Å². The van der Waals surface area contributed by atoms with E-state index in [-0.39, 0.29) is 0 Å². The summed E-state index contributed by atoms with van der Waals surface area (Å²) in [5, 5.41) is 18.8. The SMILES string of the molecule is CSc1ncc(Cl)cc1B(O)O. The second kappa shape index (κ2) is 4.14. The van der Waals surface area contributed by atoms with Gasteiger partial charge in [-0.05, 0) is 12.3 Å². The van der Waals surface area contributed by atoms with Crippen LogP contribution in [0.4, 0.5) is 0 Å². The summed E-state index contributed by atoms with van der Waals surface area (Å²) in [6.07, 6.45) is 3.28. The maximum absolute atomic E-state index is 8.90. The lowest BCUT2D eigenvalue weighted by atomic mass is 9.82. The lowest BCUT2D eigenvalue weighted by Crippen LogP contribution is -2.32. The van der Waals surface area contributed by atoms with Crippen LogP contribution in [0.15, 0.2) is 17.3 Å². The first-order valence-electron chi connectivity index (χ1n) is 3.20. The standard InChI is InChI=1S/C6H7BClNO2S/c1-12-6-5(7(10)11)2-4(8)3-9-6/h2-3,10-11H,1H3. The third kappa shape index (κ3) is 2.14. The summed E-state index contributed by atoms with van der Waals surface area (Å²) in [5.41, 5.74) is 0.343. The lowest BCUT2D eigenvalue weighted by Gasteiger charge is -2.04. The molecule has 3 nitrogen and oxygen atoms in total. The average Bonchev–Trinajstić information content (AvgIpc) is 2.04. The minimum atomic E-state index is -1.52. The van der Waals surface area contributed by atoms with Crippen molar-refractivity contribution in [2.45, 2.75) is 5.03 Å². The monoisotopic (exact) mass is 203 g/mol. The summed E-state index contributed by atoms with van der Waals surface area (Å²) in [5.74, 6) is 0. The highest BCUT2D eigenvalue weighted by Gasteiger charge is 2.16. The molecule has 0 aliphatic rings. The average molecular weight is 203 g/mol. The molecule has 1 aromatic heterocycles. The smallest absolute Gasteiger partial charge is 0.423 e. The zero-order chi connectivity index (χ0) is 9.14. The van der Waals surface area contributed by atoms with Crippen LogP contribution in [-0.2, 0) is 0 Å². The lowest BCUT2D eigenvalue weighted by molar-refractivity contribution is 0.424. The Morgan fingerprint density at radius 2 is 2.25 bits per heavy atom. The van der Waals surface area contributed by atoms with Crippen LogP contribution in [0.5, 0.6) is 0 Å². The fourth-order valence-corrected chi connectivity index (χ4v) is 1.52. The Morgan fingerprint density at radius 3 is 2.75 bits per heavy atom. The minimum absolute atomic E-state index is 0.343. The molecule has 64 valence electrons. The van der Waals surface area contributed by atoms with Crippen LogP contribution in [0.2, 0.25) is 5.02 Å². The highest BCUT2D eigenvalue weighted by Crippen LogP contribution is 2.12. The van der Waals surface area contributed by atoms with Crippen molar-refractivity contribution in [3.63, 3.8) is 0 Å². The first-order valence-corrected chi connectivity index (χ1v) is 4.81. The highest BCUT2D eigenvalue weighted by molar-refractivity contribution is 7.98. The molecule has 0 aromatic carbocycles. The molecule has 0 unspecified atom stereocenters. The first-order chi connectivity index (χ1) is 5.65. The van der Waals surface area contributed by atoms with Crippen molar-refractivity contribution in [2.24, 2.45) is 0 Å². The number of aromatic nitrogens is 1. The van der Waals surface area contributed by atoms with Gasteiger partial charge in [-0.1, -0.05) is 11.6 Å².